The van der Waals surface area contributed by atoms with Crippen LogP contribution in [-0.2, 0) is 48.3 Å². The maximum atomic E-state index is 13.2. The van der Waals surface area contributed by atoms with Crippen LogP contribution in [0.15, 0.2) is 60.7 Å². The molecule has 15 nitrogen and oxygen atoms in total. The smallest absolute Gasteiger partial charge is 0.243 e. The Bertz CT molecular complexity index is 2190. The van der Waals surface area contributed by atoms with E-state index in [0.717, 1.165) is 69.3 Å². The van der Waals surface area contributed by atoms with Crippen LogP contribution in [-0.4, -0.2) is 90.9 Å². The number of anilines is 1. The molecule has 7 N–H and O–H groups in total. The number of ketones is 1. The van der Waals surface area contributed by atoms with Gasteiger partial charge in [0.25, 0.3) is 0 Å². The highest BCUT2D eigenvalue weighted by Crippen LogP contribution is 2.30. The largest absolute Gasteiger partial charge is 0.382 e. The molecule has 1 aliphatic rings. The number of likely N-dealkylation sites (tertiary alicyclic amines) is 1. The van der Waals surface area contributed by atoms with E-state index in [4.69, 9.17) is 16.5 Å². The predicted molar refractivity (Wildman–Crippen MR) is 225 cm³/mol. The van der Waals surface area contributed by atoms with E-state index in [1.165, 1.54) is 6.92 Å². The van der Waals surface area contributed by atoms with Gasteiger partial charge < -0.3 is 32.0 Å². The highest BCUT2D eigenvalue weighted by Gasteiger charge is 2.39. The molecule has 5 rings (SSSR count). The number of thioether (sulfide) groups is 1. The molecule has 16 heteroatoms. The summed E-state index contributed by atoms with van der Waals surface area (Å²) in [6, 6.07) is 14.1. The normalized spacial score (nSPS) is 15.1. The average molecular weight is 812 g/mol. The van der Waals surface area contributed by atoms with Crippen LogP contribution in [0, 0.1) is 0 Å². The molecule has 0 radical (unpaired) electrons. The number of aromatic nitrogens is 3. The second-order valence-corrected chi connectivity index (χ2v) is 16.0. The van der Waals surface area contributed by atoms with E-state index in [9.17, 15) is 28.8 Å². The molecule has 1 aliphatic heterocycles. The second kappa shape index (κ2) is 20.2. The molecule has 1 fully saturated rings. The highest BCUT2D eigenvalue weighted by molar-refractivity contribution is 8.00. The maximum absolute atomic E-state index is 13.2. The standard InChI is InChI=1S/C42H53N9O6S/c1-5-6-11-34-49-38-39(29-9-7-8-10-31(29)48-40(38)44)51(34)23-28-14-12-27(13-15-28)22-45-35(53)18-19-50-37(55)20-33(42(50)57)58-24-32(41(56)46-21-25(2)3)47-36(54)17-16-30(43)26(4)52/h7-10,12-15,30,32-33H,2,5-6,11,16-24,43H2,1,3-4H3,(H2,44,48)(H,45,53)(H,46,56)(H,47,54)/t30-,32-,33?/m1/s1. The number of para-hydroxylation sites is 1. The first kappa shape index (κ1) is 43.5. The van der Waals surface area contributed by atoms with Gasteiger partial charge in [0, 0.05) is 63.0 Å². The summed E-state index contributed by atoms with van der Waals surface area (Å²) in [6.45, 7) is 9.97. The van der Waals surface area contributed by atoms with Crippen LogP contribution in [0.4, 0.5) is 5.82 Å². The molecule has 308 valence electrons. The van der Waals surface area contributed by atoms with Crippen molar-refractivity contribution in [3.63, 3.8) is 0 Å². The van der Waals surface area contributed by atoms with Gasteiger partial charge in [0.1, 0.15) is 23.2 Å². The monoisotopic (exact) mass is 811 g/mol. The molecular formula is C42H53N9O6S. The molecule has 3 heterocycles. The van der Waals surface area contributed by atoms with Crippen LogP contribution in [0.3, 0.4) is 0 Å². The van der Waals surface area contributed by atoms with Crippen molar-refractivity contribution >= 4 is 74.8 Å². The Morgan fingerprint density at radius 2 is 1.71 bits per heavy atom. The van der Waals surface area contributed by atoms with Gasteiger partial charge in [-0.25, -0.2) is 9.97 Å². The summed E-state index contributed by atoms with van der Waals surface area (Å²) in [5.41, 5.74) is 17.2. The van der Waals surface area contributed by atoms with E-state index in [0.29, 0.717) is 23.5 Å². The fourth-order valence-electron chi connectivity index (χ4n) is 6.58. The summed E-state index contributed by atoms with van der Waals surface area (Å²) in [4.78, 5) is 86.5. The Kier molecular flexibility index (Phi) is 15.1. The number of nitrogens with one attached hydrogen (secondary N) is 3. The minimum absolute atomic E-state index is 0.0191. The number of hydrogen-bond donors (Lipinski definition) is 5. The Morgan fingerprint density at radius 1 is 0.983 bits per heavy atom. The first-order chi connectivity index (χ1) is 27.7. The summed E-state index contributed by atoms with van der Waals surface area (Å²) in [5, 5.41) is 8.46. The van der Waals surface area contributed by atoms with E-state index in [-0.39, 0.29) is 62.8 Å². The third-order valence-corrected chi connectivity index (χ3v) is 11.2. The number of carbonyl (C=O) groups excluding carboxylic acids is 6. The summed E-state index contributed by atoms with van der Waals surface area (Å²) in [5.74, 6) is -0.981. The fraction of sp³-hybridized carbons (Fsp3) is 0.429. The van der Waals surface area contributed by atoms with E-state index in [1.54, 1.807) is 6.92 Å². The summed E-state index contributed by atoms with van der Waals surface area (Å²) >= 11 is 1.09. The number of unbranched alkanes of at least 4 members (excludes halogenated alkanes) is 1. The van der Waals surface area contributed by atoms with E-state index in [2.05, 4.69) is 39.0 Å². The number of nitrogens with two attached hydrogens (primary N) is 2. The number of hydrogen-bond acceptors (Lipinski definition) is 11. The average Bonchev–Trinajstić information content (AvgIpc) is 3.70. The Morgan fingerprint density at radius 3 is 2.41 bits per heavy atom. The number of pyridine rings is 1. The van der Waals surface area contributed by atoms with Gasteiger partial charge in [0.2, 0.25) is 29.5 Å². The number of amides is 5. The number of nitrogen functional groups attached to an aromatic ring is 1. The van der Waals surface area contributed by atoms with Gasteiger partial charge in [-0.3, -0.25) is 33.7 Å². The van der Waals surface area contributed by atoms with E-state index < -0.39 is 41.0 Å². The van der Waals surface area contributed by atoms with Crippen molar-refractivity contribution in [1.29, 1.82) is 0 Å². The molecular weight excluding hydrogens is 759 g/mol. The van der Waals surface area contributed by atoms with E-state index in [1.807, 2.05) is 48.5 Å². The number of imide groups is 1. The number of aryl methyl sites for hydroxylation is 1. The zero-order valence-corrected chi connectivity index (χ0v) is 34.2. The number of Topliss-reactive ketones (excluding diaryl/α,β-unsaturated/α-hetero) is 1. The number of fused-ring (bicyclic) bond motifs is 3. The van der Waals surface area contributed by atoms with Crippen molar-refractivity contribution in [2.45, 2.75) is 96.1 Å². The Balaban J connectivity index is 1.13. The minimum Gasteiger partial charge on any atom is -0.382 e. The first-order valence-electron chi connectivity index (χ1n) is 19.6. The van der Waals surface area contributed by atoms with Crippen molar-refractivity contribution in [2.75, 3.05) is 24.6 Å². The number of benzene rings is 2. The van der Waals surface area contributed by atoms with Crippen LogP contribution >= 0.6 is 11.8 Å². The number of imidazole rings is 1. The van der Waals surface area contributed by atoms with Gasteiger partial charge in [0.05, 0.1) is 22.3 Å². The van der Waals surface area contributed by atoms with Crippen molar-refractivity contribution < 1.29 is 28.8 Å². The molecule has 5 amide bonds. The van der Waals surface area contributed by atoms with Gasteiger partial charge in [0.15, 0.2) is 5.82 Å². The number of carbonyl (C=O) groups is 6. The summed E-state index contributed by atoms with van der Waals surface area (Å²) in [6.07, 6.45) is 2.74. The van der Waals surface area contributed by atoms with Crippen LogP contribution in [0.5, 0.6) is 0 Å². The van der Waals surface area contributed by atoms with Gasteiger partial charge >= 0.3 is 0 Å². The first-order valence-corrected chi connectivity index (χ1v) is 20.6. The molecule has 0 bridgehead atoms. The van der Waals surface area contributed by atoms with Crippen molar-refractivity contribution in [3.8, 4) is 0 Å². The van der Waals surface area contributed by atoms with Crippen LogP contribution < -0.4 is 27.4 Å². The lowest BCUT2D eigenvalue weighted by atomic mass is 10.1. The summed E-state index contributed by atoms with van der Waals surface area (Å²) in [7, 11) is 0. The maximum Gasteiger partial charge on any atom is 0.243 e. The minimum atomic E-state index is -1.01. The van der Waals surface area contributed by atoms with Crippen molar-refractivity contribution in [3.05, 3.63) is 77.6 Å². The molecule has 3 atom stereocenters. The quantitative estimate of drug-likeness (QED) is 0.0607. The Hall–Kier alpha value is -5.61. The molecule has 0 saturated carbocycles. The summed E-state index contributed by atoms with van der Waals surface area (Å²) < 4.78 is 2.22. The van der Waals surface area contributed by atoms with Crippen molar-refractivity contribution in [1.82, 2.24) is 35.4 Å². The zero-order valence-electron chi connectivity index (χ0n) is 33.3. The topological polar surface area (TPSA) is 224 Å². The fourth-order valence-corrected chi connectivity index (χ4v) is 7.77. The van der Waals surface area contributed by atoms with Gasteiger partial charge in [-0.05, 0) is 43.9 Å². The molecule has 1 unspecified atom stereocenters. The van der Waals surface area contributed by atoms with Crippen LogP contribution in [0.25, 0.3) is 21.9 Å². The van der Waals surface area contributed by atoms with Crippen LogP contribution in [0.2, 0.25) is 0 Å². The zero-order chi connectivity index (χ0) is 41.9. The highest BCUT2D eigenvalue weighted by atomic mass is 32.2. The van der Waals surface area contributed by atoms with Crippen molar-refractivity contribution in [2.24, 2.45) is 5.73 Å². The van der Waals surface area contributed by atoms with E-state index >= 15 is 0 Å². The Labute approximate surface area is 342 Å². The lowest BCUT2D eigenvalue weighted by Gasteiger charge is -2.20. The molecule has 4 aromatic rings. The van der Waals surface area contributed by atoms with Gasteiger partial charge in [-0.1, -0.05) is 68.0 Å². The van der Waals surface area contributed by atoms with Crippen LogP contribution in [0.1, 0.15) is 76.2 Å². The molecule has 1 saturated heterocycles. The van der Waals surface area contributed by atoms with Gasteiger partial charge in [-0.15, -0.1) is 11.8 Å². The molecule has 2 aromatic carbocycles. The van der Waals surface area contributed by atoms with Gasteiger partial charge in [-0.2, -0.15) is 0 Å². The molecule has 0 spiro atoms. The third-order valence-electron chi connectivity index (χ3n) is 9.95. The third kappa shape index (κ3) is 11.3. The number of rotatable bonds is 21. The molecule has 2 aromatic heterocycles. The molecule has 0 aliphatic carbocycles. The SMILES string of the molecule is C=C(C)CNC(=O)[C@@H](CSC1CC(=O)N(CCC(=O)NCc2ccc(Cn3c(CCCC)nc4c(N)nc5ccccc5c43)cc2)C1=O)NC(=O)CC[C@@H](N)C(C)=O. The predicted octanol–water partition coefficient (Wildman–Crippen LogP) is 3.30. The lowest BCUT2D eigenvalue weighted by Crippen LogP contribution is -2.49. The lowest BCUT2D eigenvalue weighted by molar-refractivity contribution is -0.138. The number of nitrogens with zero attached hydrogens (tertiary/aromatic N) is 4. The molecule has 58 heavy (non-hydrogen) atoms. The second-order valence-electron chi connectivity index (χ2n) is 14.7.